The zero-order chi connectivity index (χ0) is 7.94. The third-order valence-electron chi connectivity index (χ3n) is 1.31. The normalized spacial score (nSPS) is 11.3. The molecular weight excluding hydrogens is 134 g/mol. The van der Waals surface area contributed by atoms with Crippen LogP contribution in [0.4, 0.5) is 0 Å². The van der Waals surface area contributed by atoms with Gasteiger partial charge in [-0.05, 0) is 17.8 Å². The van der Waals surface area contributed by atoms with E-state index in [-0.39, 0.29) is 0 Å². The highest BCUT2D eigenvalue weighted by atomic mass is 14.5. The van der Waals surface area contributed by atoms with Crippen molar-refractivity contribution in [3.63, 3.8) is 0 Å². The standard InChI is InChI=1S/C10H11N/c11-9-5-4-8-10-6-2-1-3-7-10/h1-9H,11H2/b8-4-,9-5+. The summed E-state index contributed by atoms with van der Waals surface area (Å²) in [6, 6.07) is 10.1. The Kier molecular flexibility index (Phi) is 3.00. The molecule has 0 amide bonds. The molecule has 0 heterocycles. The monoisotopic (exact) mass is 145 g/mol. The van der Waals surface area contributed by atoms with Gasteiger partial charge in [0.25, 0.3) is 0 Å². The van der Waals surface area contributed by atoms with Crippen LogP contribution in [-0.2, 0) is 0 Å². The Morgan fingerprint density at radius 2 is 1.73 bits per heavy atom. The number of hydrogen-bond donors (Lipinski definition) is 1. The molecule has 1 aromatic rings. The smallest absolute Gasteiger partial charge is 0.00624 e. The van der Waals surface area contributed by atoms with E-state index in [2.05, 4.69) is 0 Å². The summed E-state index contributed by atoms with van der Waals surface area (Å²) in [6.45, 7) is 0. The Morgan fingerprint density at radius 1 is 1.00 bits per heavy atom. The molecule has 0 aliphatic rings. The first-order chi connectivity index (χ1) is 5.43. The molecule has 0 atom stereocenters. The van der Waals surface area contributed by atoms with Crippen LogP contribution in [0.2, 0.25) is 0 Å². The molecule has 0 saturated heterocycles. The van der Waals surface area contributed by atoms with E-state index in [0.717, 1.165) is 0 Å². The molecular formula is C10H11N. The highest BCUT2D eigenvalue weighted by Crippen LogP contribution is 2.00. The van der Waals surface area contributed by atoms with Gasteiger partial charge in [0, 0.05) is 0 Å². The minimum Gasteiger partial charge on any atom is -0.405 e. The summed E-state index contributed by atoms with van der Waals surface area (Å²) in [7, 11) is 0. The fourth-order valence-electron chi connectivity index (χ4n) is 0.795. The maximum atomic E-state index is 5.16. The van der Waals surface area contributed by atoms with Gasteiger partial charge in [0.1, 0.15) is 0 Å². The molecule has 2 N–H and O–H groups in total. The van der Waals surface area contributed by atoms with Gasteiger partial charge in [0.15, 0.2) is 0 Å². The molecule has 1 nitrogen and oxygen atoms in total. The van der Waals surface area contributed by atoms with Gasteiger partial charge in [0.2, 0.25) is 0 Å². The minimum absolute atomic E-state index is 1.19. The molecule has 0 aliphatic heterocycles. The van der Waals surface area contributed by atoms with Crippen molar-refractivity contribution in [3.8, 4) is 0 Å². The topological polar surface area (TPSA) is 26.0 Å². The summed E-state index contributed by atoms with van der Waals surface area (Å²) in [5.41, 5.74) is 6.35. The lowest BCUT2D eigenvalue weighted by molar-refractivity contribution is 1.60. The Morgan fingerprint density at radius 3 is 2.36 bits per heavy atom. The van der Waals surface area contributed by atoms with E-state index in [4.69, 9.17) is 5.73 Å². The van der Waals surface area contributed by atoms with E-state index in [1.165, 1.54) is 11.8 Å². The fraction of sp³-hybridized carbons (Fsp3) is 0. The maximum absolute atomic E-state index is 5.16. The zero-order valence-electron chi connectivity index (χ0n) is 6.27. The van der Waals surface area contributed by atoms with Gasteiger partial charge in [-0.2, -0.15) is 0 Å². The lowest BCUT2D eigenvalue weighted by Crippen LogP contribution is -1.72. The fourth-order valence-corrected chi connectivity index (χ4v) is 0.795. The molecule has 0 bridgehead atoms. The van der Waals surface area contributed by atoms with Gasteiger partial charge < -0.3 is 5.73 Å². The van der Waals surface area contributed by atoms with Crippen molar-refractivity contribution in [1.29, 1.82) is 0 Å². The van der Waals surface area contributed by atoms with Crippen molar-refractivity contribution < 1.29 is 0 Å². The molecule has 0 radical (unpaired) electrons. The quantitative estimate of drug-likeness (QED) is 0.634. The summed E-state index contributed by atoms with van der Waals surface area (Å²) >= 11 is 0. The summed E-state index contributed by atoms with van der Waals surface area (Å²) < 4.78 is 0. The molecule has 0 fully saturated rings. The van der Waals surface area contributed by atoms with Crippen molar-refractivity contribution in [2.75, 3.05) is 0 Å². The number of allylic oxidation sites excluding steroid dienone is 2. The highest BCUT2D eigenvalue weighted by molar-refractivity contribution is 5.50. The molecule has 0 spiro atoms. The Bertz CT molecular complexity index is 247. The number of benzene rings is 1. The van der Waals surface area contributed by atoms with E-state index >= 15 is 0 Å². The maximum Gasteiger partial charge on any atom is -0.00624 e. The molecule has 11 heavy (non-hydrogen) atoms. The van der Waals surface area contributed by atoms with Crippen molar-refractivity contribution in [3.05, 3.63) is 54.2 Å². The van der Waals surface area contributed by atoms with Gasteiger partial charge in [-0.1, -0.05) is 42.5 Å². The molecule has 56 valence electrons. The van der Waals surface area contributed by atoms with Gasteiger partial charge >= 0.3 is 0 Å². The van der Waals surface area contributed by atoms with Crippen LogP contribution in [0.3, 0.4) is 0 Å². The Balaban J connectivity index is 2.64. The average Bonchev–Trinajstić information content (AvgIpc) is 2.07. The van der Waals surface area contributed by atoms with Gasteiger partial charge in [-0.15, -0.1) is 0 Å². The van der Waals surface area contributed by atoms with E-state index in [1.807, 2.05) is 42.5 Å². The lowest BCUT2D eigenvalue weighted by Gasteiger charge is -1.87. The lowest BCUT2D eigenvalue weighted by atomic mass is 10.2. The third kappa shape index (κ3) is 2.72. The second-order valence-corrected chi connectivity index (χ2v) is 2.15. The predicted octanol–water partition coefficient (Wildman–Crippen LogP) is 2.17. The second kappa shape index (κ2) is 4.34. The van der Waals surface area contributed by atoms with E-state index in [9.17, 15) is 0 Å². The van der Waals surface area contributed by atoms with Crippen molar-refractivity contribution in [2.24, 2.45) is 5.73 Å². The van der Waals surface area contributed by atoms with Crippen molar-refractivity contribution >= 4 is 6.08 Å². The molecule has 0 aromatic heterocycles. The summed E-state index contributed by atoms with van der Waals surface area (Å²) in [4.78, 5) is 0. The number of hydrogen-bond acceptors (Lipinski definition) is 1. The minimum atomic E-state index is 1.19. The Hall–Kier alpha value is -1.50. The van der Waals surface area contributed by atoms with Gasteiger partial charge in [0.05, 0.1) is 0 Å². The van der Waals surface area contributed by atoms with Crippen molar-refractivity contribution in [1.82, 2.24) is 0 Å². The predicted molar refractivity (Wildman–Crippen MR) is 48.8 cm³/mol. The van der Waals surface area contributed by atoms with Crippen LogP contribution >= 0.6 is 0 Å². The third-order valence-corrected chi connectivity index (χ3v) is 1.31. The molecule has 1 heteroatoms. The van der Waals surface area contributed by atoms with Crippen LogP contribution in [0.25, 0.3) is 6.08 Å². The van der Waals surface area contributed by atoms with Crippen LogP contribution in [0.1, 0.15) is 5.56 Å². The van der Waals surface area contributed by atoms with Crippen LogP contribution in [0.5, 0.6) is 0 Å². The Labute approximate surface area is 66.9 Å². The van der Waals surface area contributed by atoms with Crippen LogP contribution in [-0.4, -0.2) is 0 Å². The van der Waals surface area contributed by atoms with Gasteiger partial charge in [-0.25, -0.2) is 0 Å². The van der Waals surface area contributed by atoms with E-state index in [0.29, 0.717) is 0 Å². The first kappa shape index (κ1) is 7.61. The SMILES string of the molecule is N/C=C/C=C\c1ccccc1. The van der Waals surface area contributed by atoms with Crippen molar-refractivity contribution in [2.45, 2.75) is 0 Å². The molecule has 0 saturated carbocycles. The van der Waals surface area contributed by atoms with Gasteiger partial charge in [-0.3, -0.25) is 0 Å². The number of nitrogens with two attached hydrogens (primary N) is 1. The molecule has 1 rings (SSSR count). The van der Waals surface area contributed by atoms with Crippen LogP contribution in [0.15, 0.2) is 48.7 Å². The average molecular weight is 145 g/mol. The molecule has 0 aliphatic carbocycles. The number of rotatable bonds is 2. The van der Waals surface area contributed by atoms with Crippen LogP contribution < -0.4 is 5.73 Å². The summed E-state index contributed by atoms with van der Waals surface area (Å²) in [5.74, 6) is 0. The molecule has 1 aromatic carbocycles. The first-order valence-electron chi connectivity index (χ1n) is 3.53. The zero-order valence-corrected chi connectivity index (χ0v) is 6.27. The van der Waals surface area contributed by atoms with E-state index < -0.39 is 0 Å². The largest absolute Gasteiger partial charge is 0.405 e. The summed E-state index contributed by atoms with van der Waals surface area (Å²) in [6.07, 6.45) is 7.23. The second-order valence-electron chi connectivity index (χ2n) is 2.15. The molecule has 0 unspecified atom stereocenters. The highest BCUT2D eigenvalue weighted by Gasteiger charge is 1.78. The van der Waals surface area contributed by atoms with Crippen LogP contribution in [0, 0.1) is 0 Å². The summed E-state index contributed by atoms with van der Waals surface area (Å²) in [5, 5.41) is 0. The van der Waals surface area contributed by atoms with E-state index in [1.54, 1.807) is 6.08 Å². The first-order valence-corrected chi connectivity index (χ1v) is 3.53.